The molecular formula is C19H22BrN3O2. The lowest BCUT2D eigenvalue weighted by Crippen LogP contribution is -2.25. The zero-order valence-corrected chi connectivity index (χ0v) is 16.0. The van der Waals surface area contributed by atoms with Crippen LogP contribution in [0.1, 0.15) is 18.4 Å². The predicted octanol–water partition coefficient (Wildman–Crippen LogP) is 3.92. The molecule has 1 aliphatic rings. The van der Waals surface area contributed by atoms with Crippen molar-refractivity contribution in [2.24, 2.45) is 10.7 Å². The molecule has 1 saturated carbocycles. The zero-order valence-electron chi connectivity index (χ0n) is 14.4. The first kappa shape index (κ1) is 17.6. The average Bonchev–Trinajstić information content (AvgIpc) is 3.41. The van der Waals surface area contributed by atoms with Gasteiger partial charge in [-0.15, -0.1) is 0 Å². The fourth-order valence-corrected chi connectivity index (χ4v) is 3.60. The highest BCUT2D eigenvalue weighted by atomic mass is 79.9. The largest absolute Gasteiger partial charge is 0.493 e. The summed E-state index contributed by atoms with van der Waals surface area (Å²) in [6, 6.07) is 13.9. The van der Waals surface area contributed by atoms with Crippen molar-refractivity contribution in [1.29, 1.82) is 0 Å². The molecule has 0 unspecified atom stereocenters. The number of methoxy groups -OCH3 is 2. The maximum atomic E-state index is 6.07. The lowest BCUT2D eigenvalue weighted by Gasteiger charge is -2.16. The Morgan fingerprint density at radius 2 is 1.88 bits per heavy atom. The van der Waals surface area contributed by atoms with Gasteiger partial charge in [-0.25, -0.2) is 0 Å². The fraction of sp³-hybridized carbons (Fsp3) is 0.316. The Hall–Kier alpha value is -2.21. The van der Waals surface area contributed by atoms with Crippen molar-refractivity contribution in [3.05, 3.63) is 52.5 Å². The molecule has 0 heterocycles. The van der Waals surface area contributed by atoms with Crippen LogP contribution in [-0.4, -0.2) is 26.7 Å². The second-order valence-electron chi connectivity index (χ2n) is 6.16. The summed E-state index contributed by atoms with van der Waals surface area (Å²) in [7, 11) is 3.21. The minimum atomic E-state index is 0.101. The average molecular weight is 404 g/mol. The molecule has 3 N–H and O–H groups in total. The summed E-state index contributed by atoms with van der Waals surface area (Å²) in [6.45, 7) is 0.668. The standard InChI is InChI=1S/C19H22BrN3O2/c1-24-16-8-7-13(11-17(16)25-2)23-18(21)22-12-19(9-10-19)14-5-3-4-6-15(14)20/h3-8,11H,9-10,12H2,1-2H3,(H3,21,22,23). The van der Waals surface area contributed by atoms with Crippen molar-refractivity contribution < 1.29 is 9.47 Å². The smallest absolute Gasteiger partial charge is 0.193 e. The monoisotopic (exact) mass is 403 g/mol. The van der Waals surface area contributed by atoms with Gasteiger partial charge in [0.05, 0.1) is 20.8 Å². The quantitative estimate of drug-likeness (QED) is 0.566. The van der Waals surface area contributed by atoms with Crippen molar-refractivity contribution in [2.75, 3.05) is 26.1 Å². The highest BCUT2D eigenvalue weighted by Crippen LogP contribution is 2.50. The Balaban J connectivity index is 1.70. The number of anilines is 1. The van der Waals surface area contributed by atoms with Gasteiger partial charge in [0.15, 0.2) is 17.5 Å². The van der Waals surface area contributed by atoms with Gasteiger partial charge in [-0.3, -0.25) is 4.99 Å². The molecule has 0 bridgehead atoms. The van der Waals surface area contributed by atoms with Crippen LogP contribution in [0.4, 0.5) is 5.69 Å². The van der Waals surface area contributed by atoms with Crippen LogP contribution in [0.2, 0.25) is 0 Å². The maximum Gasteiger partial charge on any atom is 0.193 e. The number of hydrogen-bond acceptors (Lipinski definition) is 3. The molecule has 2 aromatic rings. The molecule has 0 spiro atoms. The summed E-state index contributed by atoms with van der Waals surface area (Å²) in [4.78, 5) is 4.56. The number of nitrogens with one attached hydrogen (secondary N) is 1. The Morgan fingerprint density at radius 3 is 2.52 bits per heavy atom. The predicted molar refractivity (Wildman–Crippen MR) is 105 cm³/mol. The van der Waals surface area contributed by atoms with Gasteiger partial charge >= 0.3 is 0 Å². The normalized spacial score (nSPS) is 15.6. The van der Waals surface area contributed by atoms with E-state index in [2.05, 4.69) is 44.4 Å². The number of nitrogens with two attached hydrogens (primary N) is 1. The van der Waals surface area contributed by atoms with E-state index in [1.165, 1.54) is 5.56 Å². The number of benzene rings is 2. The van der Waals surface area contributed by atoms with Crippen LogP contribution in [0.5, 0.6) is 11.5 Å². The minimum absolute atomic E-state index is 0.101. The third-order valence-electron chi connectivity index (χ3n) is 4.51. The molecule has 3 rings (SSSR count). The van der Waals surface area contributed by atoms with Gasteiger partial charge < -0.3 is 20.5 Å². The molecule has 1 fully saturated rings. The Bertz CT molecular complexity index is 788. The molecule has 0 radical (unpaired) electrons. The highest BCUT2D eigenvalue weighted by molar-refractivity contribution is 9.10. The van der Waals surface area contributed by atoms with E-state index in [4.69, 9.17) is 15.2 Å². The Morgan fingerprint density at radius 1 is 1.16 bits per heavy atom. The number of aliphatic imine (C=N–C) groups is 1. The SMILES string of the molecule is COc1ccc(NC(N)=NCC2(c3ccccc3Br)CC2)cc1OC. The van der Waals surface area contributed by atoms with E-state index in [0.717, 1.165) is 23.0 Å². The molecule has 1 aliphatic carbocycles. The van der Waals surface area contributed by atoms with Gasteiger partial charge in [-0.2, -0.15) is 0 Å². The van der Waals surface area contributed by atoms with E-state index >= 15 is 0 Å². The number of rotatable bonds is 6. The summed E-state index contributed by atoms with van der Waals surface area (Å²) < 4.78 is 11.7. The third-order valence-corrected chi connectivity index (χ3v) is 5.20. The van der Waals surface area contributed by atoms with Crippen molar-refractivity contribution in [1.82, 2.24) is 0 Å². The fourth-order valence-electron chi connectivity index (χ4n) is 2.89. The molecule has 6 heteroatoms. The number of hydrogen-bond donors (Lipinski definition) is 2. The Kier molecular flexibility index (Phi) is 5.18. The zero-order chi connectivity index (χ0) is 17.9. The van der Waals surface area contributed by atoms with Crippen LogP contribution in [0.15, 0.2) is 51.9 Å². The van der Waals surface area contributed by atoms with Crippen LogP contribution in [0, 0.1) is 0 Å². The highest BCUT2D eigenvalue weighted by Gasteiger charge is 2.45. The summed E-state index contributed by atoms with van der Waals surface area (Å²) in [5, 5.41) is 3.11. The molecule has 5 nitrogen and oxygen atoms in total. The Labute approximate surface area is 156 Å². The first-order chi connectivity index (χ1) is 12.1. The molecule has 2 aromatic carbocycles. The lowest BCUT2D eigenvalue weighted by atomic mass is 9.96. The number of halogens is 1. The molecule has 0 saturated heterocycles. The second-order valence-corrected chi connectivity index (χ2v) is 7.01. The van der Waals surface area contributed by atoms with E-state index < -0.39 is 0 Å². The summed E-state index contributed by atoms with van der Waals surface area (Å²) >= 11 is 3.64. The van der Waals surface area contributed by atoms with Crippen LogP contribution >= 0.6 is 15.9 Å². The van der Waals surface area contributed by atoms with Gasteiger partial charge in [-0.1, -0.05) is 34.1 Å². The third kappa shape index (κ3) is 3.90. The van der Waals surface area contributed by atoms with E-state index in [0.29, 0.717) is 24.0 Å². The minimum Gasteiger partial charge on any atom is -0.493 e. The number of ether oxygens (including phenoxy) is 2. The lowest BCUT2D eigenvalue weighted by molar-refractivity contribution is 0.355. The molecule has 25 heavy (non-hydrogen) atoms. The molecule has 132 valence electrons. The second kappa shape index (κ2) is 7.35. The van der Waals surface area contributed by atoms with Gasteiger partial charge in [0, 0.05) is 21.6 Å². The van der Waals surface area contributed by atoms with Crippen molar-refractivity contribution >= 4 is 27.6 Å². The first-order valence-corrected chi connectivity index (χ1v) is 8.91. The van der Waals surface area contributed by atoms with Crippen LogP contribution in [0.3, 0.4) is 0 Å². The van der Waals surface area contributed by atoms with Crippen molar-refractivity contribution in [3.63, 3.8) is 0 Å². The van der Waals surface area contributed by atoms with Crippen molar-refractivity contribution in [2.45, 2.75) is 18.3 Å². The van der Waals surface area contributed by atoms with Crippen molar-refractivity contribution in [3.8, 4) is 11.5 Å². The summed E-state index contributed by atoms with van der Waals surface area (Å²) in [5.41, 5.74) is 8.29. The summed E-state index contributed by atoms with van der Waals surface area (Å²) in [5.74, 6) is 1.71. The number of nitrogens with zero attached hydrogens (tertiary/aromatic N) is 1. The van der Waals surface area contributed by atoms with Crippen LogP contribution in [0.25, 0.3) is 0 Å². The van der Waals surface area contributed by atoms with E-state index in [-0.39, 0.29) is 5.41 Å². The first-order valence-electron chi connectivity index (χ1n) is 8.12. The topological polar surface area (TPSA) is 68.9 Å². The summed E-state index contributed by atoms with van der Waals surface area (Å²) in [6.07, 6.45) is 2.26. The van der Waals surface area contributed by atoms with E-state index in [1.807, 2.05) is 24.3 Å². The number of guanidine groups is 1. The molecule has 0 amide bonds. The molecule has 0 aliphatic heterocycles. The van der Waals surface area contributed by atoms with E-state index in [1.54, 1.807) is 14.2 Å². The van der Waals surface area contributed by atoms with Crippen LogP contribution in [-0.2, 0) is 5.41 Å². The van der Waals surface area contributed by atoms with Gasteiger partial charge in [0.2, 0.25) is 0 Å². The van der Waals surface area contributed by atoms with Crippen LogP contribution < -0.4 is 20.5 Å². The maximum absolute atomic E-state index is 6.07. The molecule has 0 atom stereocenters. The van der Waals surface area contributed by atoms with Gasteiger partial charge in [-0.05, 0) is 36.6 Å². The molecular weight excluding hydrogens is 382 g/mol. The van der Waals surface area contributed by atoms with Gasteiger partial charge in [0.25, 0.3) is 0 Å². The van der Waals surface area contributed by atoms with E-state index in [9.17, 15) is 0 Å². The van der Waals surface area contributed by atoms with Gasteiger partial charge in [0.1, 0.15) is 0 Å². The molecule has 0 aromatic heterocycles.